The molecule has 18 heavy (non-hydrogen) atoms. The van der Waals surface area contributed by atoms with Crippen LogP contribution in [0.3, 0.4) is 0 Å². The standard InChI is InChI=1S/C11H11ClF2INO2/c1-2-18-9(17)4-6-3-8(10(13)14)16-11(15)7(6)5-12/h3,10H,2,4-5H2,1H3. The molecule has 0 saturated heterocycles. The van der Waals surface area contributed by atoms with Gasteiger partial charge in [0.15, 0.2) is 0 Å². The van der Waals surface area contributed by atoms with Crippen LogP contribution >= 0.6 is 34.2 Å². The van der Waals surface area contributed by atoms with Crippen molar-refractivity contribution in [3.05, 3.63) is 26.6 Å². The van der Waals surface area contributed by atoms with Gasteiger partial charge in [-0.15, -0.1) is 11.6 Å². The molecule has 0 aromatic carbocycles. The topological polar surface area (TPSA) is 39.2 Å². The first-order valence-electron chi connectivity index (χ1n) is 5.17. The van der Waals surface area contributed by atoms with Crippen LogP contribution in [-0.2, 0) is 21.8 Å². The first kappa shape index (κ1) is 15.6. The highest BCUT2D eigenvalue weighted by molar-refractivity contribution is 14.1. The van der Waals surface area contributed by atoms with Crippen LogP contribution in [0, 0.1) is 3.70 Å². The summed E-state index contributed by atoms with van der Waals surface area (Å²) in [6.07, 6.45) is -2.75. The molecule has 100 valence electrons. The SMILES string of the molecule is CCOC(=O)Cc1cc(C(F)F)nc(I)c1CCl. The number of ether oxygens (including phenoxy) is 1. The van der Waals surface area contributed by atoms with Gasteiger partial charge in [0.05, 0.1) is 18.9 Å². The molecule has 0 aliphatic heterocycles. The van der Waals surface area contributed by atoms with E-state index in [0.29, 0.717) is 14.8 Å². The molecule has 0 fully saturated rings. The summed E-state index contributed by atoms with van der Waals surface area (Å²) in [6, 6.07) is 1.21. The number of esters is 1. The second kappa shape index (κ2) is 7.18. The van der Waals surface area contributed by atoms with Crippen molar-refractivity contribution in [2.45, 2.75) is 25.7 Å². The third-order valence-electron chi connectivity index (χ3n) is 2.18. The molecule has 7 heteroatoms. The number of hydrogen-bond donors (Lipinski definition) is 0. The van der Waals surface area contributed by atoms with E-state index in [4.69, 9.17) is 16.3 Å². The first-order valence-corrected chi connectivity index (χ1v) is 6.78. The zero-order chi connectivity index (χ0) is 13.7. The van der Waals surface area contributed by atoms with Crippen molar-refractivity contribution >= 4 is 40.2 Å². The molecule has 3 nitrogen and oxygen atoms in total. The zero-order valence-corrected chi connectivity index (χ0v) is 12.5. The molecule has 0 atom stereocenters. The Morgan fingerprint density at radius 2 is 2.28 bits per heavy atom. The number of nitrogens with zero attached hydrogens (tertiary/aromatic N) is 1. The van der Waals surface area contributed by atoms with Crippen molar-refractivity contribution in [2.24, 2.45) is 0 Å². The van der Waals surface area contributed by atoms with Crippen molar-refractivity contribution in [3.8, 4) is 0 Å². The van der Waals surface area contributed by atoms with Gasteiger partial charge in [0.2, 0.25) is 0 Å². The van der Waals surface area contributed by atoms with E-state index in [1.807, 2.05) is 22.6 Å². The fraction of sp³-hybridized carbons (Fsp3) is 0.455. The molecule has 0 aliphatic rings. The van der Waals surface area contributed by atoms with Gasteiger partial charge in [0, 0.05) is 5.56 Å². The maximum absolute atomic E-state index is 12.6. The predicted octanol–water partition coefficient (Wildman–Crippen LogP) is 3.47. The third-order valence-corrected chi connectivity index (χ3v) is 3.34. The lowest BCUT2D eigenvalue weighted by Gasteiger charge is -2.11. The largest absolute Gasteiger partial charge is 0.466 e. The summed E-state index contributed by atoms with van der Waals surface area (Å²) < 4.78 is 30.4. The molecule has 0 radical (unpaired) electrons. The average Bonchev–Trinajstić information content (AvgIpc) is 2.28. The van der Waals surface area contributed by atoms with Gasteiger partial charge in [0.1, 0.15) is 9.39 Å². The number of halogens is 4. The highest BCUT2D eigenvalue weighted by atomic mass is 127. The van der Waals surface area contributed by atoms with Gasteiger partial charge in [-0.2, -0.15) is 0 Å². The minimum absolute atomic E-state index is 0.0753. The summed E-state index contributed by atoms with van der Waals surface area (Å²) >= 11 is 7.58. The van der Waals surface area contributed by atoms with E-state index >= 15 is 0 Å². The van der Waals surface area contributed by atoms with E-state index in [9.17, 15) is 13.6 Å². The lowest BCUT2D eigenvalue weighted by Crippen LogP contribution is -2.11. The van der Waals surface area contributed by atoms with Gasteiger partial charge in [-0.3, -0.25) is 4.79 Å². The predicted molar refractivity (Wildman–Crippen MR) is 71.8 cm³/mol. The van der Waals surface area contributed by atoms with Crippen molar-refractivity contribution in [2.75, 3.05) is 6.61 Å². The molecule has 0 aliphatic carbocycles. The number of hydrogen-bond acceptors (Lipinski definition) is 3. The molecule has 1 rings (SSSR count). The van der Waals surface area contributed by atoms with Crippen LogP contribution in [0.5, 0.6) is 0 Å². The third kappa shape index (κ3) is 4.01. The average molecular weight is 390 g/mol. The highest BCUT2D eigenvalue weighted by Crippen LogP contribution is 2.25. The van der Waals surface area contributed by atoms with Gasteiger partial charge in [-0.1, -0.05) is 0 Å². The molecular weight excluding hydrogens is 378 g/mol. The lowest BCUT2D eigenvalue weighted by molar-refractivity contribution is -0.142. The number of pyridine rings is 1. The fourth-order valence-corrected chi connectivity index (χ4v) is 2.73. The van der Waals surface area contributed by atoms with E-state index in [1.54, 1.807) is 6.92 Å². The lowest BCUT2D eigenvalue weighted by atomic mass is 10.1. The molecule has 0 amide bonds. The van der Waals surface area contributed by atoms with Gasteiger partial charge in [0.25, 0.3) is 6.43 Å². The second-order valence-corrected chi connectivity index (χ2v) is 4.68. The quantitative estimate of drug-likeness (QED) is 0.335. The monoisotopic (exact) mass is 389 g/mol. The summed E-state index contributed by atoms with van der Waals surface area (Å²) in [5, 5.41) is 0. The van der Waals surface area contributed by atoms with Crippen molar-refractivity contribution in [3.63, 3.8) is 0 Å². The summed E-state index contributed by atoms with van der Waals surface area (Å²) in [4.78, 5) is 15.2. The van der Waals surface area contributed by atoms with E-state index in [1.165, 1.54) is 6.07 Å². The van der Waals surface area contributed by atoms with Crippen LogP contribution in [0.2, 0.25) is 0 Å². The van der Waals surface area contributed by atoms with E-state index < -0.39 is 12.4 Å². The number of aromatic nitrogens is 1. The minimum atomic E-state index is -2.68. The minimum Gasteiger partial charge on any atom is -0.466 e. The maximum Gasteiger partial charge on any atom is 0.310 e. The Balaban J connectivity index is 3.10. The Bertz CT molecular complexity index is 443. The van der Waals surface area contributed by atoms with Gasteiger partial charge >= 0.3 is 5.97 Å². The molecule has 0 bridgehead atoms. The first-order chi connectivity index (χ1) is 8.49. The fourth-order valence-electron chi connectivity index (χ4n) is 1.39. The van der Waals surface area contributed by atoms with Crippen LogP contribution in [0.15, 0.2) is 6.07 Å². The summed E-state index contributed by atoms with van der Waals surface area (Å²) in [6.45, 7) is 1.93. The Kier molecular flexibility index (Phi) is 6.20. The number of alkyl halides is 3. The Labute approximate surface area is 122 Å². The molecule has 0 N–H and O–H groups in total. The Morgan fingerprint density at radius 3 is 2.78 bits per heavy atom. The van der Waals surface area contributed by atoms with Crippen LogP contribution in [0.25, 0.3) is 0 Å². The normalized spacial score (nSPS) is 10.8. The maximum atomic E-state index is 12.6. The van der Waals surface area contributed by atoms with Crippen LogP contribution < -0.4 is 0 Å². The molecule has 0 unspecified atom stereocenters. The molecule has 0 spiro atoms. The van der Waals surface area contributed by atoms with Crippen molar-refractivity contribution in [1.82, 2.24) is 4.98 Å². The van der Waals surface area contributed by atoms with Crippen molar-refractivity contribution < 1.29 is 18.3 Å². The zero-order valence-electron chi connectivity index (χ0n) is 9.55. The Hall–Kier alpha value is -0.500. The number of rotatable bonds is 5. The molecular formula is C11H11ClF2INO2. The van der Waals surface area contributed by atoms with Crippen LogP contribution in [0.1, 0.15) is 30.2 Å². The van der Waals surface area contributed by atoms with Gasteiger partial charge in [-0.25, -0.2) is 13.8 Å². The van der Waals surface area contributed by atoms with Crippen LogP contribution in [0.4, 0.5) is 8.78 Å². The summed E-state index contributed by atoms with van der Waals surface area (Å²) in [7, 11) is 0. The second-order valence-electron chi connectivity index (χ2n) is 3.39. The van der Waals surface area contributed by atoms with Gasteiger partial charge in [-0.05, 0) is 41.1 Å². The van der Waals surface area contributed by atoms with Gasteiger partial charge < -0.3 is 4.74 Å². The number of carbonyl (C=O) groups excluding carboxylic acids is 1. The van der Waals surface area contributed by atoms with E-state index in [0.717, 1.165) is 0 Å². The molecule has 1 aromatic rings. The molecule has 1 aromatic heterocycles. The highest BCUT2D eigenvalue weighted by Gasteiger charge is 2.18. The number of carbonyl (C=O) groups is 1. The van der Waals surface area contributed by atoms with E-state index in [-0.39, 0.29) is 24.6 Å². The Morgan fingerprint density at radius 1 is 1.61 bits per heavy atom. The summed E-state index contributed by atoms with van der Waals surface area (Å²) in [5.74, 6) is -0.352. The molecule has 0 saturated carbocycles. The summed E-state index contributed by atoms with van der Waals surface area (Å²) in [5.41, 5.74) is 0.681. The van der Waals surface area contributed by atoms with E-state index in [2.05, 4.69) is 4.98 Å². The smallest absolute Gasteiger partial charge is 0.310 e. The van der Waals surface area contributed by atoms with Crippen LogP contribution in [-0.4, -0.2) is 17.6 Å². The molecule has 1 heterocycles. The van der Waals surface area contributed by atoms with Crippen molar-refractivity contribution in [1.29, 1.82) is 0 Å².